The molecule has 5 nitrogen and oxygen atoms in total. The van der Waals surface area contributed by atoms with E-state index in [-0.39, 0.29) is 30.0 Å². The number of nitrogens with zero attached hydrogens (tertiary/aromatic N) is 1. The molecule has 128 valence electrons. The number of allylic oxidation sites excluding steroid dienone is 1. The van der Waals surface area contributed by atoms with Gasteiger partial charge in [-0.1, -0.05) is 26.0 Å². The van der Waals surface area contributed by atoms with Gasteiger partial charge in [0.05, 0.1) is 12.0 Å². The molecule has 0 radical (unpaired) electrons. The minimum atomic E-state index is -0.262. The molecule has 5 heteroatoms. The molecule has 0 bridgehead atoms. The number of hydrogen-bond acceptors (Lipinski definition) is 5. The Balaban J connectivity index is 1.95. The van der Waals surface area contributed by atoms with Crippen molar-refractivity contribution in [3.05, 3.63) is 23.3 Å². The van der Waals surface area contributed by atoms with Crippen LogP contribution in [0.2, 0.25) is 0 Å². The zero-order valence-corrected chi connectivity index (χ0v) is 14.5. The summed E-state index contributed by atoms with van der Waals surface area (Å²) >= 11 is 0. The maximum atomic E-state index is 12.0. The van der Waals surface area contributed by atoms with E-state index >= 15 is 0 Å². The number of fused-ring (bicyclic) bond motifs is 1. The van der Waals surface area contributed by atoms with Crippen molar-refractivity contribution < 1.29 is 19.1 Å². The molecule has 2 rings (SSSR count). The van der Waals surface area contributed by atoms with Crippen molar-refractivity contribution in [3.63, 3.8) is 0 Å². The summed E-state index contributed by atoms with van der Waals surface area (Å²) in [6, 6.07) is 0.0494. The van der Waals surface area contributed by atoms with Crippen molar-refractivity contribution in [2.24, 2.45) is 5.92 Å². The van der Waals surface area contributed by atoms with E-state index in [9.17, 15) is 9.59 Å². The monoisotopic (exact) mass is 321 g/mol. The van der Waals surface area contributed by atoms with Crippen LogP contribution in [0.15, 0.2) is 23.3 Å². The number of carbonyl (C=O) groups is 2. The fourth-order valence-electron chi connectivity index (χ4n) is 2.94. The third-order valence-electron chi connectivity index (χ3n) is 4.82. The average molecular weight is 321 g/mol. The number of rotatable bonds is 6. The van der Waals surface area contributed by atoms with Crippen LogP contribution in [0.25, 0.3) is 0 Å². The predicted molar refractivity (Wildman–Crippen MR) is 87.8 cm³/mol. The van der Waals surface area contributed by atoms with E-state index in [1.807, 2.05) is 20.8 Å². The molecule has 0 spiro atoms. The van der Waals surface area contributed by atoms with E-state index in [1.54, 1.807) is 13.0 Å². The Bertz CT molecular complexity index is 523. The summed E-state index contributed by atoms with van der Waals surface area (Å²) in [7, 11) is 0. The van der Waals surface area contributed by atoms with Gasteiger partial charge in [0.1, 0.15) is 12.7 Å². The lowest BCUT2D eigenvalue weighted by molar-refractivity contribution is -0.148. The lowest BCUT2D eigenvalue weighted by atomic mass is 10.0. The van der Waals surface area contributed by atoms with Gasteiger partial charge in [-0.3, -0.25) is 9.69 Å². The van der Waals surface area contributed by atoms with Crippen molar-refractivity contribution in [2.75, 3.05) is 19.7 Å². The molecule has 1 unspecified atom stereocenters. The molecule has 0 amide bonds. The zero-order valence-electron chi connectivity index (χ0n) is 14.5. The molecule has 23 heavy (non-hydrogen) atoms. The van der Waals surface area contributed by atoms with E-state index in [0.717, 1.165) is 31.5 Å². The van der Waals surface area contributed by atoms with Crippen LogP contribution in [0.5, 0.6) is 0 Å². The summed E-state index contributed by atoms with van der Waals surface area (Å²) < 4.78 is 11.1. The highest BCUT2D eigenvalue weighted by Crippen LogP contribution is 2.31. The van der Waals surface area contributed by atoms with Crippen LogP contribution >= 0.6 is 0 Å². The molecule has 2 heterocycles. The first-order valence-electron chi connectivity index (χ1n) is 8.41. The average Bonchev–Trinajstić information content (AvgIpc) is 3.14. The Morgan fingerprint density at radius 1 is 1.48 bits per heavy atom. The third kappa shape index (κ3) is 4.02. The summed E-state index contributed by atoms with van der Waals surface area (Å²) in [5.74, 6) is -0.506. The van der Waals surface area contributed by atoms with Gasteiger partial charge < -0.3 is 9.47 Å². The second kappa shape index (κ2) is 7.77. The van der Waals surface area contributed by atoms with Gasteiger partial charge in [-0.15, -0.1) is 0 Å². The van der Waals surface area contributed by atoms with Gasteiger partial charge in [0.2, 0.25) is 0 Å². The SMILES string of the molecule is C/C=C(\C)C(=O)O[C@H]1CCN2CC=C(COC(=O)C(C)CC)[C@H]12. The van der Waals surface area contributed by atoms with E-state index in [1.165, 1.54) is 0 Å². The number of esters is 2. The first-order chi connectivity index (χ1) is 11.0. The summed E-state index contributed by atoms with van der Waals surface area (Å²) in [5, 5.41) is 0. The van der Waals surface area contributed by atoms with Crippen molar-refractivity contribution in [1.29, 1.82) is 0 Å². The summed E-state index contributed by atoms with van der Waals surface area (Å²) in [6.07, 6.45) is 5.29. The van der Waals surface area contributed by atoms with Crippen molar-refractivity contribution in [3.8, 4) is 0 Å². The molecule has 1 fully saturated rings. The van der Waals surface area contributed by atoms with Gasteiger partial charge in [0, 0.05) is 18.7 Å². The molecule has 0 N–H and O–H groups in total. The van der Waals surface area contributed by atoms with E-state index in [4.69, 9.17) is 9.47 Å². The van der Waals surface area contributed by atoms with Crippen LogP contribution < -0.4 is 0 Å². The molecule has 0 aromatic carbocycles. The van der Waals surface area contributed by atoms with Crippen LogP contribution in [0, 0.1) is 5.92 Å². The molecular weight excluding hydrogens is 294 g/mol. The number of hydrogen-bond donors (Lipinski definition) is 0. The maximum absolute atomic E-state index is 12.0. The fraction of sp³-hybridized carbons (Fsp3) is 0.667. The van der Waals surface area contributed by atoms with Gasteiger partial charge in [-0.2, -0.15) is 0 Å². The molecule has 2 aliphatic rings. The summed E-state index contributed by atoms with van der Waals surface area (Å²) in [4.78, 5) is 26.1. The Kier molecular flexibility index (Phi) is 5.99. The highest BCUT2D eigenvalue weighted by molar-refractivity contribution is 5.87. The lowest BCUT2D eigenvalue weighted by Gasteiger charge is -2.24. The summed E-state index contributed by atoms with van der Waals surface area (Å²) in [5.41, 5.74) is 1.67. The molecule has 0 saturated carbocycles. The fourth-order valence-corrected chi connectivity index (χ4v) is 2.94. The lowest BCUT2D eigenvalue weighted by Crippen LogP contribution is -2.36. The van der Waals surface area contributed by atoms with Gasteiger partial charge in [-0.25, -0.2) is 4.79 Å². The van der Waals surface area contributed by atoms with E-state index in [0.29, 0.717) is 12.2 Å². The summed E-state index contributed by atoms with van der Waals surface area (Å²) in [6.45, 7) is 9.45. The first kappa shape index (κ1) is 17.7. The highest BCUT2D eigenvalue weighted by Gasteiger charge is 2.42. The third-order valence-corrected chi connectivity index (χ3v) is 4.82. The zero-order chi connectivity index (χ0) is 17.0. The van der Waals surface area contributed by atoms with Crippen molar-refractivity contribution in [1.82, 2.24) is 4.90 Å². The Morgan fingerprint density at radius 2 is 2.22 bits per heavy atom. The second-order valence-corrected chi connectivity index (χ2v) is 6.34. The van der Waals surface area contributed by atoms with Crippen LogP contribution in [0.3, 0.4) is 0 Å². The molecule has 3 atom stereocenters. The van der Waals surface area contributed by atoms with E-state index < -0.39 is 0 Å². The minimum absolute atomic E-state index is 0.0494. The van der Waals surface area contributed by atoms with Gasteiger partial charge in [-0.05, 0) is 32.3 Å². The Morgan fingerprint density at radius 3 is 2.87 bits per heavy atom. The highest BCUT2D eigenvalue weighted by atomic mass is 16.5. The maximum Gasteiger partial charge on any atom is 0.333 e. The van der Waals surface area contributed by atoms with Crippen LogP contribution in [-0.4, -0.2) is 48.7 Å². The molecule has 0 aromatic heterocycles. The van der Waals surface area contributed by atoms with Gasteiger partial charge >= 0.3 is 11.9 Å². The van der Waals surface area contributed by atoms with Crippen molar-refractivity contribution in [2.45, 2.75) is 52.7 Å². The van der Waals surface area contributed by atoms with E-state index in [2.05, 4.69) is 11.0 Å². The molecule has 1 saturated heterocycles. The minimum Gasteiger partial charge on any atom is -0.461 e. The quantitative estimate of drug-likeness (QED) is 0.427. The Hall–Kier alpha value is -1.62. The second-order valence-electron chi connectivity index (χ2n) is 6.34. The molecule has 2 aliphatic heterocycles. The van der Waals surface area contributed by atoms with Crippen LogP contribution in [0.1, 0.15) is 40.5 Å². The first-order valence-corrected chi connectivity index (χ1v) is 8.41. The van der Waals surface area contributed by atoms with Crippen LogP contribution in [-0.2, 0) is 19.1 Å². The number of ether oxygens (including phenoxy) is 2. The standard InChI is InChI=1S/C18H27NO4/c1-5-12(3)17(20)22-11-14-7-9-19-10-8-15(16(14)19)23-18(21)13(4)6-2/h6-7,12,15-16H,5,8-11H2,1-4H3/b13-6+/t12?,15-,16+/m0/s1. The Labute approximate surface area is 138 Å². The molecule has 0 aliphatic carbocycles. The molecular formula is C18H27NO4. The largest absolute Gasteiger partial charge is 0.461 e. The van der Waals surface area contributed by atoms with Gasteiger partial charge in [0.25, 0.3) is 0 Å². The smallest absolute Gasteiger partial charge is 0.333 e. The number of carbonyl (C=O) groups excluding carboxylic acids is 2. The molecule has 0 aromatic rings. The van der Waals surface area contributed by atoms with Gasteiger partial charge in [0.15, 0.2) is 0 Å². The van der Waals surface area contributed by atoms with Crippen LogP contribution in [0.4, 0.5) is 0 Å². The normalized spacial score (nSPS) is 25.7. The topological polar surface area (TPSA) is 55.8 Å². The van der Waals surface area contributed by atoms with Crippen molar-refractivity contribution >= 4 is 11.9 Å². The predicted octanol–water partition coefficient (Wildman–Crippen LogP) is 2.47.